The van der Waals surface area contributed by atoms with Gasteiger partial charge in [0.05, 0.1) is 17.3 Å². The zero-order valence-electron chi connectivity index (χ0n) is 13.2. The molecule has 1 aromatic heterocycles. The van der Waals surface area contributed by atoms with Crippen LogP contribution in [0, 0.1) is 0 Å². The van der Waals surface area contributed by atoms with Crippen molar-refractivity contribution >= 4 is 34.2 Å². The van der Waals surface area contributed by atoms with Gasteiger partial charge in [-0.2, -0.15) is 18.0 Å². The van der Waals surface area contributed by atoms with Gasteiger partial charge in [0, 0.05) is 12.1 Å². The maximum absolute atomic E-state index is 12.4. The molecule has 0 aliphatic heterocycles. The van der Waals surface area contributed by atoms with E-state index in [9.17, 15) is 13.2 Å². The van der Waals surface area contributed by atoms with Gasteiger partial charge < -0.3 is 10.5 Å². The third-order valence-electron chi connectivity index (χ3n) is 3.21. The Labute approximate surface area is 151 Å². The molecule has 6 nitrogen and oxygen atoms in total. The highest BCUT2D eigenvalue weighted by Crippen LogP contribution is 2.27. The molecule has 0 amide bonds. The number of hydrogen-bond acceptors (Lipinski definition) is 4. The maximum Gasteiger partial charge on any atom is 0.422 e. The topological polar surface area (TPSA) is 78.3 Å². The Bertz CT molecular complexity index is 921. The lowest BCUT2D eigenvalue weighted by atomic mass is 10.2. The standard InChI is InChI=1S/C16H13ClF3N5O/c17-8-15(21)22-10-5-11(7-12(6-10)26-9-16(18,19)20)25-23-13-3-1-2-4-14(13)24-25/h1-7H,8-9H2,(H2,21,22). The third kappa shape index (κ3) is 4.42. The van der Waals surface area contributed by atoms with Gasteiger partial charge in [-0.25, -0.2) is 4.99 Å². The molecule has 136 valence electrons. The van der Waals surface area contributed by atoms with Crippen LogP contribution in [0.25, 0.3) is 16.7 Å². The summed E-state index contributed by atoms with van der Waals surface area (Å²) in [6, 6.07) is 11.4. The lowest BCUT2D eigenvalue weighted by Crippen LogP contribution is -2.19. The molecule has 0 spiro atoms. The number of nitrogens with zero attached hydrogens (tertiary/aromatic N) is 4. The van der Waals surface area contributed by atoms with E-state index in [-0.39, 0.29) is 23.2 Å². The number of amidine groups is 1. The van der Waals surface area contributed by atoms with Gasteiger partial charge in [0.1, 0.15) is 22.6 Å². The number of fused-ring (bicyclic) bond motifs is 1. The van der Waals surface area contributed by atoms with Crippen LogP contribution in [0.1, 0.15) is 0 Å². The summed E-state index contributed by atoms with van der Waals surface area (Å²) in [6.07, 6.45) is -4.47. The SMILES string of the molecule is NC(CCl)=Nc1cc(OCC(F)(F)F)cc(-n2nc3ccccc3n2)c1. The van der Waals surface area contributed by atoms with E-state index in [2.05, 4.69) is 15.2 Å². The number of alkyl halides is 4. The van der Waals surface area contributed by atoms with Crippen molar-refractivity contribution in [1.29, 1.82) is 0 Å². The predicted octanol–water partition coefficient (Wildman–Crippen LogP) is 3.59. The lowest BCUT2D eigenvalue weighted by molar-refractivity contribution is -0.153. The molecule has 10 heteroatoms. The van der Waals surface area contributed by atoms with Crippen molar-refractivity contribution < 1.29 is 17.9 Å². The summed E-state index contributed by atoms with van der Waals surface area (Å²) in [5, 5.41) is 8.59. The molecule has 2 aromatic carbocycles. The van der Waals surface area contributed by atoms with Crippen molar-refractivity contribution in [3.05, 3.63) is 42.5 Å². The van der Waals surface area contributed by atoms with E-state index in [0.717, 1.165) is 0 Å². The van der Waals surface area contributed by atoms with Gasteiger partial charge in [-0.05, 0) is 18.2 Å². The molecule has 0 saturated heterocycles. The van der Waals surface area contributed by atoms with E-state index in [1.807, 2.05) is 0 Å². The predicted molar refractivity (Wildman–Crippen MR) is 92.4 cm³/mol. The van der Waals surface area contributed by atoms with Gasteiger partial charge in [-0.15, -0.1) is 21.8 Å². The normalized spacial score (nSPS) is 12.5. The minimum absolute atomic E-state index is 0.0210. The highest BCUT2D eigenvalue weighted by atomic mass is 35.5. The number of ether oxygens (including phenoxy) is 1. The van der Waals surface area contributed by atoms with Crippen LogP contribution in [-0.4, -0.2) is 39.5 Å². The van der Waals surface area contributed by atoms with E-state index >= 15 is 0 Å². The molecular weight excluding hydrogens is 371 g/mol. The lowest BCUT2D eigenvalue weighted by Gasteiger charge is -2.11. The van der Waals surface area contributed by atoms with Gasteiger partial charge in [0.25, 0.3) is 0 Å². The summed E-state index contributed by atoms with van der Waals surface area (Å²) < 4.78 is 42.2. The van der Waals surface area contributed by atoms with Crippen LogP contribution in [0.15, 0.2) is 47.5 Å². The molecular formula is C16H13ClF3N5O. The fourth-order valence-electron chi connectivity index (χ4n) is 2.17. The second-order valence-corrected chi connectivity index (χ2v) is 5.57. The molecule has 3 rings (SSSR count). The molecule has 0 fully saturated rings. The van der Waals surface area contributed by atoms with Crippen LogP contribution >= 0.6 is 11.6 Å². The summed E-state index contributed by atoms with van der Waals surface area (Å²) in [5.74, 6) is 0.0545. The molecule has 0 aliphatic carbocycles. The summed E-state index contributed by atoms with van der Waals surface area (Å²) in [4.78, 5) is 5.35. The second-order valence-electron chi connectivity index (χ2n) is 5.30. The first-order valence-electron chi connectivity index (χ1n) is 7.40. The number of rotatable bonds is 5. The molecule has 0 aliphatic rings. The van der Waals surface area contributed by atoms with E-state index in [1.54, 1.807) is 30.3 Å². The average Bonchev–Trinajstić information content (AvgIpc) is 3.03. The average molecular weight is 384 g/mol. The van der Waals surface area contributed by atoms with Crippen LogP contribution in [0.2, 0.25) is 0 Å². The van der Waals surface area contributed by atoms with E-state index in [4.69, 9.17) is 22.1 Å². The molecule has 1 heterocycles. The Morgan fingerprint density at radius 3 is 2.38 bits per heavy atom. The zero-order valence-corrected chi connectivity index (χ0v) is 14.0. The largest absolute Gasteiger partial charge is 0.484 e. The fraction of sp³-hybridized carbons (Fsp3) is 0.188. The first kappa shape index (κ1) is 18.0. The molecule has 26 heavy (non-hydrogen) atoms. The number of aromatic nitrogens is 3. The van der Waals surface area contributed by atoms with Crippen molar-refractivity contribution in [2.45, 2.75) is 6.18 Å². The first-order chi connectivity index (χ1) is 12.3. The molecule has 0 unspecified atom stereocenters. The monoisotopic (exact) mass is 383 g/mol. The second kappa shape index (κ2) is 7.20. The third-order valence-corrected chi connectivity index (χ3v) is 3.48. The summed E-state index contributed by atoms with van der Waals surface area (Å²) in [6.45, 7) is -1.43. The van der Waals surface area contributed by atoms with Gasteiger partial charge in [0.2, 0.25) is 0 Å². The van der Waals surface area contributed by atoms with Crippen molar-refractivity contribution in [3.8, 4) is 11.4 Å². The van der Waals surface area contributed by atoms with Crippen molar-refractivity contribution in [2.24, 2.45) is 10.7 Å². The van der Waals surface area contributed by atoms with Crippen LogP contribution in [0.4, 0.5) is 18.9 Å². The zero-order chi connectivity index (χ0) is 18.7. The smallest absolute Gasteiger partial charge is 0.422 e. The number of aliphatic imine (C=N–C) groups is 1. The van der Waals surface area contributed by atoms with Crippen LogP contribution < -0.4 is 10.5 Å². The van der Waals surface area contributed by atoms with Gasteiger partial charge in [-0.3, -0.25) is 0 Å². The Hall–Kier alpha value is -2.81. The minimum Gasteiger partial charge on any atom is -0.484 e. The number of hydrogen-bond donors (Lipinski definition) is 1. The minimum atomic E-state index is -4.47. The first-order valence-corrected chi connectivity index (χ1v) is 7.93. The van der Waals surface area contributed by atoms with Crippen molar-refractivity contribution in [1.82, 2.24) is 15.0 Å². The Balaban J connectivity index is 2.03. The quantitative estimate of drug-likeness (QED) is 0.415. The Morgan fingerprint density at radius 2 is 1.81 bits per heavy atom. The Morgan fingerprint density at radius 1 is 1.15 bits per heavy atom. The molecule has 2 N–H and O–H groups in total. The summed E-state index contributed by atoms with van der Waals surface area (Å²) >= 11 is 5.61. The summed E-state index contributed by atoms with van der Waals surface area (Å²) in [7, 11) is 0. The van der Waals surface area contributed by atoms with E-state index in [0.29, 0.717) is 16.7 Å². The van der Waals surface area contributed by atoms with E-state index < -0.39 is 12.8 Å². The van der Waals surface area contributed by atoms with Crippen LogP contribution in [0.5, 0.6) is 5.75 Å². The summed E-state index contributed by atoms with van der Waals surface area (Å²) in [5.41, 5.74) is 7.54. The molecule has 3 aromatic rings. The fourth-order valence-corrected chi connectivity index (χ4v) is 2.23. The van der Waals surface area contributed by atoms with Crippen LogP contribution in [0.3, 0.4) is 0 Å². The highest BCUT2D eigenvalue weighted by molar-refractivity contribution is 6.28. The van der Waals surface area contributed by atoms with Gasteiger partial charge in [-0.1, -0.05) is 12.1 Å². The van der Waals surface area contributed by atoms with Gasteiger partial charge in [0.15, 0.2) is 6.61 Å². The van der Waals surface area contributed by atoms with Crippen molar-refractivity contribution in [3.63, 3.8) is 0 Å². The molecule has 0 bridgehead atoms. The number of nitrogens with two attached hydrogens (primary N) is 1. The number of halogens is 4. The van der Waals surface area contributed by atoms with E-state index in [1.165, 1.54) is 16.9 Å². The maximum atomic E-state index is 12.4. The Kier molecular flexibility index (Phi) is 4.99. The van der Waals surface area contributed by atoms with Crippen LogP contribution in [-0.2, 0) is 0 Å². The molecule has 0 radical (unpaired) electrons. The highest BCUT2D eigenvalue weighted by Gasteiger charge is 2.28. The molecule has 0 saturated carbocycles. The van der Waals surface area contributed by atoms with Gasteiger partial charge >= 0.3 is 6.18 Å². The molecule has 0 atom stereocenters. The van der Waals surface area contributed by atoms with Crippen molar-refractivity contribution in [2.75, 3.05) is 12.5 Å². The number of benzene rings is 2.